The lowest BCUT2D eigenvalue weighted by molar-refractivity contribution is -0.132. The van der Waals surface area contributed by atoms with Crippen molar-refractivity contribution in [2.24, 2.45) is 5.73 Å². The van der Waals surface area contributed by atoms with Crippen molar-refractivity contribution in [3.05, 3.63) is 24.3 Å². The van der Waals surface area contributed by atoms with E-state index in [4.69, 9.17) is 10.8 Å². The van der Waals surface area contributed by atoms with Gasteiger partial charge in [0.15, 0.2) is 0 Å². The van der Waals surface area contributed by atoms with Crippen LogP contribution in [-0.2, 0) is 9.59 Å². The number of carbonyl (C=O) groups is 2. The highest BCUT2D eigenvalue weighted by Crippen LogP contribution is 1.97. The van der Waals surface area contributed by atoms with Gasteiger partial charge in [0.05, 0.1) is 0 Å². The monoisotopic (exact) mass is 155 g/mol. The molecule has 0 saturated heterocycles. The van der Waals surface area contributed by atoms with E-state index in [1.165, 1.54) is 6.08 Å². The molecular formula is C7H9NO3. The number of carbonyl (C=O) groups excluding carboxylic acids is 1. The molecule has 3 N–H and O–H groups in total. The summed E-state index contributed by atoms with van der Waals surface area (Å²) in [6, 6.07) is 0. The normalized spacial score (nSPS) is 9.82. The van der Waals surface area contributed by atoms with Gasteiger partial charge in [0.2, 0.25) is 5.91 Å². The Morgan fingerprint density at radius 2 is 2.09 bits per heavy atom. The summed E-state index contributed by atoms with van der Waals surface area (Å²) >= 11 is 0. The molecule has 0 aromatic rings. The summed E-state index contributed by atoms with van der Waals surface area (Å²) in [7, 11) is 0. The van der Waals surface area contributed by atoms with Crippen molar-refractivity contribution in [2.75, 3.05) is 0 Å². The third kappa shape index (κ3) is 4.90. The smallest absolute Gasteiger partial charge is 0.331 e. The summed E-state index contributed by atoms with van der Waals surface area (Å²) in [6.07, 6.45) is 2.60. The van der Waals surface area contributed by atoms with Gasteiger partial charge in [-0.25, -0.2) is 4.79 Å². The molecule has 0 atom stereocenters. The highest BCUT2D eigenvalue weighted by atomic mass is 16.4. The number of rotatable bonds is 4. The molecule has 0 aromatic carbocycles. The fourth-order valence-corrected chi connectivity index (χ4v) is 0.405. The molecule has 0 saturated carbocycles. The van der Waals surface area contributed by atoms with Crippen molar-refractivity contribution < 1.29 is 14.7 Å². The first-order chi connectivity index (χ1) is 5.04. The van der Waals surface area contributed by atoms with E-state index in [9.17, 15) is 9.59 Å². The second-order valence-electron chi connectivity index (χ2n) is 1.92. The van der Waals surface area contributed by atoms with Gasteiger partial charge in [-0.15, -0.1) is 0 Å². The van der Waals surface area contributed by atoms with E-state index in [2.05, 4.69) is 6.58 Å². The number of hydrogen-bond donors (Lipinski definition) is 2. The number of carboxylic acids is 1. The SMILES string of the molecule is C=C(CC=CC(N)=O)C(=O)O. The lowest BCUT2D eigenvalue weighted by Crippen LogP contribution is -2.05. The number of aliphatic carboxylic acids is 1. The topological polar surface area (TPSA) is 80.4 Å². The van der Waals surface area contributed by atoms with Gasteiger partial charge in [-0.05, 0) is 12.5 Å². The van der Waals surface area contributed by atoms with E-state index >= 15 is 0 Å². The highest BCUT2D eigenvalue weighted by Gasteiger charge is 1.99. The van der Waals surface area contributed by atoms with Crippen molar-refractivity contribution in [2.45, 2.75) is 6.42 Å². The molecule has 0 aliphatic carbocycles. The first-order valence-corrected chi connectivity index (χ1v) is 2.91. The molecule has 0 aromatic heterocycles. The fourth-order valence-electron chi connectivity index (χ4n) is 0.405. The van der Waals surface area contributed by atoms with E-state index in [0.717, 1.165) is 6.08 Å². The standard InChI is InChI=1S/C7H9NO3/c1-5(7(10)11)3-2-4-6(8)9/h2,4H,1,3H2,(H2,8,9)(H,10,11). The Kier molecular flexibility index (Phi) is 3.66. The van der Waals surface area contributed by atoms with E-state index in [1.54, 1.807) is 0 Å². The largest absolute Gasteiger partial charge is 0.478 e. The Labute approximate surface area is 64.0 Å². The molecule has 11 heavy (non-hydrogen) atoms. The predicted octanol–water partition coefficient (Wildman–Crippen LogP) is 0.0588. The molecule has 0 radical (unpaired) electrons. The van der Waals surface area contributed by atoms with Gasteiger partial charge < -0.3 is 10.8 Å². The Hall–Kier alpha value is -1.58. The van der Waals surface area contributed by atoms with Crippen LogP contribution in [-0.4, -0.2) is 17.0 Å². The van der Waals surface area contributed by atoms with E-state index in [-0.39, 0.29) is 12.0 Å². The van der Waals surface area contributed by atoms with Crippen LogP contribution in [0.25, 0.3) is 0 Å². The van der Waals surface area contributed by atoms with Crippen molar-refractivity contribution in [1.82, 2.24) is 0 Å². The van der Waals surface area contributed by atoms with Crippen molar-refractivity contribution in [3.63, 3.8) is 0 Å². The summed E-state index contributed by atoms with van der Waals surface area (Å²) < 4.78 is 0. The second-order valence-corrected chi connectivity index (χ2v) is 1.92. The Balaban J connectivity index is 3.80. The predicted molar refractivity (Wildman–Crippen MR) is 39.7 cm³/mol. The van der Waals surface area contributed by atoms with E-state index in [0.29, 0.717) is 0 Å². The molecule has 0 fully saturated rings. The number of allylic oxidation sites excluding steroid dienone is 1. The Bertz CT molecular complexity index is 218. The fraction of sp³-hybridized carbons (Fsp3) is 0.143. The minimum absolute atomic E-state index is 0.0301. The zero-order valence-corrected chi connectivity index (χ0v) is 5.91. The molecule has 0 aliphatic rings. The van der Waals surface area contributed by atoms with Gasteiger partial charge >= 0.3 is 5.97 Å². The van der Waals surface area contributed by atoms with Crippen LogP contribution in [0.3, 0.4) is 0 Å². The van der Waals surface area contributed by atoms with Gasteiger partial charge in [-0.2, -0.15) is 0 Å². The molecular weight excluding hydrogens is 146 g/mol. The van der Waals surface area contributed by atoms with Crippen LogP contribution in [0.15, 0.2) is 24.3 Å². The third-order valence-electron chi connectivity index (χ3n) is 0.949. The van der Waals surface area contributed by atoms with Gasteiger partial charge in [0.1, 0.15) is 0 Å². The lowest BCUT2D eigenvalue weighted by Gasteiger charge is -1.90. The average Bonchev–Trinajstić information content (AvgIpc) is 1.86. The zero-order chi connectivity index (χ0) is 8.85. The first-order valence-electron chi connectivity index (χ1n) is 2.91. The minimum Gasteiger partial charge on any atom is -0.478 e. The molecule has 0 bridgehead atoms. The molecule has 4 nitrogen and oxygen atoms in total. The summed E-state index contributed by atoms with van der Waals surface area (Å²) in [5, 5.41) is 8.30. The number of amides is 1. The lowest BCUT2D eigenvalue weighted by atomic mass is 10.2. The Morgan fingerprint density at radius 3 is 2.45 bits per heavy atom. The summed E-state index contributed by atoms with van der Waals surface area (Å²) in [5.41, 5.74) is 4.78. The van der Waals surface area contributed by atoms with Crippen LogP contribution >= 0.6 is 0 Å². The zero-order valence-electron chi connectivity index (χ0n) is 5.91. The van der Waals surface area contributed by atoms with Crippen molar-refractivity contribution >= 4 is 11.9 Å². The van der Waals surface area contributed by atoms with Crippen molar-refractivity contribution in [1.29, 1.82) is 0 Å². The molecule has 0 spiro atoms. The molecule has 0 rings (SSSR count). The molecule has 0 aliphatic heterocycles. The number of nitrogens with two attached hydrogens (primary N) is 1. The van der Waals surface area contributed by atoms with Crippen LogP contribution in [0.4, 0.5) is 0 Å². The quantitative estimate of drug-likeness (QED) is 0.563. The minimum atomic E-state index is -1.07. The van der Waals surface area contributed by atoms with Crippen LogP contribution in [0.2, 0.25) is 0 Å². The maximum absolute atomic E-state index is 10.1. The summed E-state index contributed by atoms with van der Waals surface area (Å²) in [6.45, 7) is 3.25. The van der Waals surface area contributed by atoms with Gasteiger partial charge in [0, 0.05) is 5.57 Å². The van der Waals surface area contributed by atoms with Crippen LogP contribution in [0.5, 0.6) is 0 Å². The maximum atomic E-state index is 10.1. The molecule has 0 unspecified atom stereocenters. The van der Waals surface area contributed by atoms with Crippen molar-refractivity contribution in [3.8, 4) is 0 Å². The van der Waals surface area contributed by atoms with E-state index in [1.807, 2.05) is 0 Å². The molecule has 1 amide bonds. The first kappa shape index (κ1) is 9.42. The number of primary amides is 1. The summed E-state index contributed by atoms with van der Waals surface area (Å²) in [5.74, 6) is -1.66. The Morgan fingerprint density at radius 1 is 1.55 bits per heavy atom. The number of hydrogen-bond acceptors (Lipinski definition) is 2. The van der Waals surface area contributed by atoms with Crippen LogP contribution in [0, 0.1) is 0 Å². The van der Waals surface area contributed by atoms with Gasteiger partial charge in [-0.3, -0.25) is 4.79 Å². The maximum Gasteiger partial charge on any atom is 0.331 e. The van der Waals surface area contributed by atoms with Gasteiger partial charge in [-0.1, -0.05) is 12.7 Å². The highest BCUT2D eigenvalue weighted by molar-refractivity contribution is 5.88. The van der Waals surface area contributed by atoms with Crippen LogP contribution < -0.4 is 5.73 Å². The summed E-state index contributed by atoms with van der Waals surface area (Å²) in [4.78, 5) is 20.2. The van der Waals surface area contributed by atoms with E-state index < -0.39 is 11.9 Å². The molecule has 4 heteroatoms. The third-order valence-corrected chi connectivity index (χ3v) is 0.949. The van der Waals surface area contributed by atoms with Crippen LogP contribution in [0.1, 0.15) is 6.42 Å². The van der Waals surface area contributed by atoms with Gasteiger partial charge in [0.25, 0.3) is 0 Å². The number of carboxylic acid groups (broad SMARTS) is 1. The molecule has 60 valence electrons. The molecule has 0 heterocycles. The average molecular weight is 155 g/mol. The second kappa shape index (κ2) is 4.27.